The molecule has 3 nitrogen and oxygen atoms in total. The minimum Gasteiger partial charge on any atom is -0.399 e. The molecule has 0 aliphatic heterocycles. The van der Waals surface area contributed by atoms with Gasteiger partial charge in [0.1, 0.15) is 0 Å². The fourth-order valence-electron chi connectivity index (χ4n) is 1.39. The first-order valence-corrected chi connectivity index (χ1v) is 5.37. The van der Waals surface area contributed by atoms with Gasteiger partial charge in [0.2, 0.25) is 0 Å². The lowest BCUT2D eigenvalue weighted by atomic mass is 10.3. The standard InChI is InChI=1S/C12H22N3/c1-15(2,3)10-4-9-14-12-7-5-11(13)6-8-12/h5-8,14H,4,9-10,13H2,1-3H3/q+1. The lowest BCUT2D eigenvalue weighted by Gasteiger charge is -2.23. The summed E-state index contributed by atoms with van der Waals surface area (Å²) in [6.45, 7) is 2.20. The third-order valence-corrected chi connectivity index (χ3v) is 2.25. The lowest BCUT2D eigenvalue weighted by molar-refractivity contribution is -0.870. The molecule has 0 spiro atoms. The summed E-state index contributed by atoms with van der Waals surface area (Å²) in [5.74, 6) is 0. The van der Waals surface area contributed by atoms with E-state index in [2.05, 4.69) is 26.5 Å². The van der Waals surface area contributed by atoms with E-state index in [1.54, 1.807) is 0 Å². The van der Waals surface area contributed by atoms with Crippen LogP contribution >= 0.6 is 0 Å². The topological polar surface area (TPSA) is 38.0 Å². The summed E-state index contributed by atoms with van der Waals surface area (Å²) in [7, 11) is 6.63. The van der Waals surface area contributed by atoms with Crippen molar-refractivity contribution in [3.05, 3.63) is 24.3 Å². The minimum atomic E-state index is 0.812. The number of quaternary nitrogens is 1. The molecular weight excluding hydrogens is 186 g/mol. The lowest BCUT2D eigenvalue weighted by Crippen LogP contribution is -2.36. The molecule has 0 radical (unpaired) electrons. The molecule has 0 unspecified atom stereocenters. The first kappa shape index (κ1) is 11.9. The number of nitrogens with one attached hydrogen (secondary N) is 1. The number of hydrogen-bond acceptors (Lipinski definition) is 2. The Balaban J connectivity index is 2.23. The van der Waals surface area contributed by atoms with Crippen LogP contribution in [0.25, 0.3) is 0 Å². The molecule has 3 heteroatoms. The molecule has 0 fully saturated rings. The van der Waals surface area contributed by atoms with Gasteiger partial charge in [-0.2, -0.15) is 0 Å². The highest BCUT2D eigenvalue weighted by Crippen LogP contribution is 2.10. The maximum Gasteiger partial charge on any atom is 0.0797 e. The third kappa shape index (κ3) is 5.27. The van der Waals surface area contributed by atoms with Gasteiger partial charge in [0, 0.05) is 24.3 Å². The zero-order valence-electron chi connectivity index (χ0n) is 9.96. The van der Waals surface area contributed by atoms with Crippen LogP contribution in [0.3, 0.4) is 0 Å². The van der Waals surface area contributed by atoms with Crippen LogP contribution in [0.15, 0.2) is 24.3 Å². The molecule has 0 saturated heterocycles. The molecule has 0 aliphatic rings. The summed E-state index contributed by atoms with van der Waals surface area (Å²) < 4.78 is 1.02. The van der Waals surface area contributed by atoms with Crippen LogP contribution in [0.5, 0.6) is 0 Å². The molecule has 1 aromatic carbocycles. The summed E-state index contributed by atoms with van der Waals surface area (Å²) in [6.07, 6.45) is 1.17. The maximum atomic E-state index is 5.61. The Morgan fingerprint density at radius 1 is 1.13 bits per heavy atom. The summed E-state index contributed by atoms with van der Waals surface area (Å²) in [4.78, 5) is 0. The number of hydrogen-bond donors (Lipinski definition) is 2. The first-order valence-electron chi connectivity index (χ1n) is 5.37. The van der Waals surface area contributed by atoms with Crippen molar-refractivity contribution in [2.75, 3.05) is 45.3 Å². The van der Waals surface area contributed by atoms with Gasteiger partial charge in [0.05, 0.1) is 27.7 Å². The molecule has 1 aromatic rings. The summed E-state index contributed by atoms with van der Waals surface area (Å²) in [6, 6.07) is 7.87. The van der Waals surface area contributed by atoms with Gasteiger partial charge in [-0.25, -0.2) is 0 Å². The van der Waals surface area contributed by atoms with Gasteiger partial charge in [-0.15, -0.1) is 0 Å². The Labute approximate surface area is 92.5 Å². The fourth-order valence-corrected chi connectivity index (χ4v) is 1.39. The molecule has 0 amide bonds. The second-order valence-corrected chi connectivity index (χ2v) is 4.92. The average Bonchev–Trinajstić information content (AvgIpc) is 2.14. The summed E-state index contributed by atoms with van der Waals surface area (Å²) in [5, 5.41) is 3.38. The van der Waals surface area contributed by atoms with Crippen LogP contribution in [-0.4, -0.2) is 38.7 Å². The van der Waals surface area contributed by atoms with E-state index in [9.17, 15) is 0 Å². The van der Waals surface area contributed by atoms with Crippen LogP contribution in [0, 0.1) is 0 Å². The van der Waals surface area contributed by atoms with Crippen molar-refractivity contribution in [3.63, 3.8) is 0 Å². The third-order valence-electron chi connectivity index (χ3n) is 2.25. The maximum absolute atomic E-state index is 5.61. The molecule has 0 saturated carbocycles. The molecule has 84 valence electrons. The SMILES string of the molecule is C[N+](C)(C)CCCNc1ccc(N)cc1. The second kappa shape index (κ2) is 5.03. The Kier molecular flexibility index (Phi) is 3.97. The molecule has 0 aliphatic carbocycles. The first-order chi connectivity index (χ1) is 6.97. The minimum absolute atomic E-state index is 0.812. The van der Waals surface area contributed by atoms with Gasteiger partial charge in [0.15, 0.2) is 0 Å². The second-order valence-electron chi connectivity index (χ2n) is 4.92. The average molecular weight is 208 g/mol. The zero-order valence-corrected chi connectivity index (χ0v) is 9.96. The predicted molar refractivity (Wildman–Crippen MR) is 66.9 cm³/mol. The van der Waals surface area contributed by atoms with Crippen molar-refractivity contribution in [2.24, 2.45) is 0 Å². The largest absolute Gasteiger partial charge is 0.399 e. The van der Waals surface area contributed by atoms with Crippen molar-refractivity contribution in [1.82, 2.24) is 0 Å². The van der Waals surface area contributed by atoms with Crippen LogP contribution in [0.1, 0.15) is 6.42 Å². The van der Waals surface area contributed by atoms with E-state index in [4.69, 9.17) is 5.73 Å². The van der Waals surface area contributed by atoms with E-state index in [0.717, 1.165) is 22.4 Å². The van der Waals surface area contributed by atoms with Crippen molar-refractivity contribution in [3.8, 4) is 0 Å². The predicted octanol–water partition coefficient (Wildman–Crippen LogP) is 1.78. The number of benzene rings is 1. The van der Waals surface area contributed by atoms with Gasteiger partial charge in [-0.3, -0.25) is 0 Å². The highest BCUT2D eigenvalue weighted by atomic mass is 15.3. The van der Waals surface area contributed by atoms with E-state index in [1.165, 1.54) is 13.0 Å². The van der Waals surface area contributed by atoms with E-state index < -0.39 is 0 Å². The summed E-state index contributed by atoms with van der Waals surface area (Å²) >= 11 is 0. The van der Waals surface area contributed by atoms with E-state index in [1.807, 2.05) is 24.3 Å². The van der Waals surface area contributed by atoms with Gasteiger partial charge in [-0.1, -0.05) is 0 Å². The highest BCUT2D eigenvalue weighted by molar-refractivity contribution is 5.50. The molecule has 15 heavy (non-hydrogen) atoms. The number of nitrogens with two attached hydrogens (primary N) is 1. The molecule has 1 rings (SSSR count). The summed E-state index contributed by atoms with van der Waals surface area (Å²) in [5.41, 5.74) is 7.56. The van der Waals surface area contributed by atoms with Crippen LogP contribution in [0.2, 0.25) is 0 Å². The van der Waals surface area contributed by atoms with Crippen molar-refractivity contribution >= 4 is 11.4 Å². The molecule has 0 heterocycles. The van der Waals surface area contributed by atoms with Crippen LogP contribution in [0.4, 0.5) is 11.4 Å². The fraction of sp³-hybridized carbons (Fsp3) is 0.500. The Morgan fingerprint density at radius 3 is 2.27 bits per heavy atom. The van der Waals surface area contributed by atoms with Gasteiger partial charge < -0.3 is 15.5 Å². The number of nitrogens with zero attached hydrogens (tertiary/aromatic N) is 1. The number of nitrogen functional groups attached to an aromatic ring is 1. The Morgan fingerprint density at radius 2 is 1.73 bits per heavy atom. The number of rotatable bonds is 5. The molecule has 3 N–H and O–H groups in total. The quantitative estimate of drug-likeness (QED) is 0.440. The van der Waals surface area contributed by atoms with Gasteiger partial charge in [0.25, 0.3) is 0 Å². The Hall–Kier alpha value is -1.22. The normalized spacial score (nSPS) is 11.4. The molecule has 0 aromatic heterocycles. The van der Waals surface area contributed by atoms with Crippen molar-refractivity contribution in [1.29, 1.82) is 0 Å². The van der Waals surface area contributed by atoms with E-state index in [0.29, 0.717) is 0 Å². The van der Waals surface area contributed by atoms with Crippen LogP contribution < -0.4 is 11.1 Å². The monoisotopic (exact) mass is 208 g/mol. The van der Waals surface area contributed by atoms with Gasteiger partial charge >= 0.3 is 0 Å². The van der Waals surface area contributed by atoms with Gasteiger partial charge in [-0.05, 0) is 24.3 Å². The highest BCUT2D eigenvalue weighted by Gasteiger charge is 2.04. The number of anilines is 2. The van der Waals surface area contributed by atoms with E-state index >= 15 is 0 Å². The zero-order chi connectivity index (χ0) is 11.3. The molecular formula is C12H22N3+. The van der Waals surface area contributed by atoms with Crippen molar-refractivity contribution in [2.45, 2.75) is 6.42 Å². The molecule has 0 bridgehead atoms. The Bertz CT molecular complexity index is 285. The van der Waals surface area contributed by atoms with Crippen molar-refractivity contribution < 1.29 is 4.48 Å². The van der Waals surface area contributed by atoms with Crippen LogP contribution in [-0.2, 0) is 0 Å². The van der Waals surface area contributed by atoms with E-state index in [-0.39, 0.29) is 0 Å². The molecule has 0 atom stereocenters. The smallest absolute Gasteiger partial charge is 0.0797 e.